The van der Waals surface area contributed by atoms with Crippen molar-refractivity contribution in [3.63, 3.8) is 0 Å². The maximum Gasteiger partial charge on any atom is 0.339 e. The average Bonchev–Trinajstić information content (AvgIpc) is 3.21. The minimum Gasteiger partial charge on any atom is -0.461 e. The Morgan fingerprint density at radius 1 is 0.750 bits per heavy atom. The highest BCUT2D eigenvalue weighted by atomic mass is 16.8. The van der Waals surface area contributed by atoms with E-state index in [1.165, 1.54) is 44.9 Å². The summed E-state index contributed by atoms with van der Waals surface area (Å²) in [6.45, 7) is 11.3. The molecule has 6 nitrogen and oxygen atoms in total. The first-order valence-corrected chi connectivity index (χ1v) is 14.0. The maximum atomic E-state index is 12.9. The van der Waals surface area contributed by atoms with E-state index in [1.807, 2.05) is 31.2 Å². The molecule has 36 heavy (non-hydrogen) atoms. The second kappa shape index (κ2) is 15.4. The van der Waals surface area contributed by atoms with Crippen LogP contribution >= 0.6 is 0 Å². The van der Waals surface area contributed by atoms with Gasteiger partial charge >= 0.3 is 11.9 Å². The number of unbranched alkanes of at least 4 members (excludes halogenated alkanes) is 9. The van der Waals surface area contributed by atoms with Gasteiger partial charge in [0.05, 0.1) is 12.2 Å². The van der Waals surface area contributed by atoms with E-state index in [0.717, 1.165) is 30.4 Å². The molecule has 0 amide bonds. The summed E-state index contributed by atoms with van der Waals surface area (Å²) >= 11 is 0. The van der Waals surface area contributed by atoms with Gasteiger partial charge in [-0.05, 0) is 41.0 Å². The monoisotopic (exact) mass is 504 g/mol. The summed E-state index contributed by atoms with van der Waals surface area (Å²) in [5.41, 5.74) is 1.91. The predicted octanol–water partition coefficient (Wildman–Crippen LogP) is 7.15. The first-order valence-electron chi connectivity index (χ1n) is 14.0. The minimum absolute atomic E-state index is 0.334. The second-order valence-corrected chi connectivity index (χ2v) is 10.6. The van der Waals surface area contributed by atoms with Crippen molar-refractivity contribution in [2.24, 2.45) is 0 Å². The van der Waals surface area contributed by atoms with Crippen LogP contribution in [0.2, 0.25) is 0 Å². The van der Waals surface area contributed by atoms with Gasteiger partial charge in [0.1, 0.15) is 0 Å². The van der Waals surface area contributed by atoms with Crippen molar-refractivity contribution < 1.29 is 28.5 Å². The fourth-order valence-electron chi connectivity index (χ4n) is 4.55. The van der Waals surface area contributed by atoms with Crippen LogP contribution in [-0.4, -0.2) is 36.4 Å². The molecular weight excluding hydrogens is 456 g/mol. The van der Waals surface area contributed by atoms with E-state index < -0.39 is 29.9 Å². The molecule has 0 spiro atoms. The van der Waals surface area contributed by atoms with Crippen molar-refractivity contribution in [3.8, 4) is 0 Å². The molecule has 0 unspecified atom stereocenters. The van der Waals surface area contributed by atoms with E-state index in [0.29, 0.717) is 6.42 Å². The second-order valence-electron chi connectivity index (χ2n) is 10.6. The summed E-state index contributed by atoms with van der Waals surface area (Å²) in [7, 11) is 0. The van der Waals surface area contributed by atoms with E-state index >= 15 is 0 Å². The Labute approximate surface area is 218 Å². The number of ether oxygens (including phenoxy) is 4. The lowest BCUT2D eigenvalue weighted by atomic mass is 9.97. The summed E-state index contributed by atoms with van der Waals surface area (Å²) in [5, 5.41) is 0. The van der Waals surface area contributed by atoms with Crippen molar-refractivity contribution in [3.05, 3.63) is 35.4 Å². The van der Waals surface area contributed by atoms with Gasteiger partial charge in [-0.25, -0.2) is 9.59 Å². The van der Waals surface area contributed by atoms with Crippen LogP contribution in [-0.2, 0) is 34.3 Å². The van der Waals surface area contributed by atoms with Crippen LogP contribution in [0.25, 0.3) is 0 Å². The molecule has 2 atom stereocenters. The third-order valence-corrected chi connectivity index (χ3v) is 6.43. The molecule has 1 aliphatic rings. The summed E-state index contributed by atoms with van der Waals surface area (Å²) in [6.07, 6.45) is 9.64. The number of benzene rings is 1. The van der Waals surface area contributed by atoms with Crippen LogP contribution in [0.3, 0.4) is 0 Å². The number of aryl methyl sites for hydroxylation is 1. The molecule has 0 saturated carbocycles. The zero-order valence-electron chi connectivity index (χ0n) is 23.3. The highest BCUT2D eigenvalue weighted by molar-refractivity contribution is 5.86. The number of esters is 2. The van der Waals surface area contributed by atoms with Crippen LogP contribution < -0.4 is 0 Å². The number of rotatable bonds is 16. The zero-order chi connectivity index (χ0) is 26.6. The highest BCUT2D eigenvalue weighted by Crippen LogP contribution is 2.43. The zero-order valence-corrected chi connectivity index (χ0v) is 23.3. The Kier molecular flexibility index (Phi) is 12.9. The van der Waals surface area contributed by atoms with Crippen LogP contribution in [0.1, 0.15) is 116 Å². The molecule has 1 aromatic carbocycles. The Balaban J connectivity index is 2.11. The maximum absolute atomic E-state index is 12.9. The lowest BCUT2D eigenvalue weighted by molar-refractivity contribution is -0.202. The number of hydrogen-bond acceptors (Lipinski definition) is 6. The molecule has 1 aromatic rings. The van der Waals surface area contributed by atoms with Crippen molar-refractivity contribution in [2.45, 2.75) is 142 Å². The predicted molar refractivity (Wildman–Crippen MR) is 142 cm³/mol. The standard InChI is InChI=1S/C30H48O6/c1-7-8-9-10-11-12-13-14-15-16-21-30(25-19-17-24(6)18-20-25)35-26(28(31)33-22(2)3)27(36-30)29(32)34-23(4)5/h17-20,22-23,26-27H,7-16,21H2,1-6H3/t26-,27-/m1/s1. The van der Waals surface area contributed by atoms with Gasteiger partial charge in [-0.1, -0.05) is 94.5 Å². The van der Waals surface area contributed by atoms with Gasteiger partial charge in [-0.3, -0.25) is 0 Å². The van der Waals surface area contributed by atoms with E-state index in [1.54, 1.807) is 27.7 Å². The first kappa shape index (κ1) is 30.3. The molecule has 1 heterocycles. The Bertz CT molecular complexity index is 755. The molecule has 0 N–H and O–H groups in total. The van der Waals surface area contributed by atoms with Gasteiger partial charge in [-0.15, -0.1) is 0 Å². The van der Waals surface area contributed by atoms with Crippen LogP contribution in [0, 0.1) is 6.92 Å². The number of carbonyl (C=O) groups excluding carboxylic acids is 2. The molecule has 0 radical (unpaired) electrons. The molecule has 0 bridgehead atoms. The van der Waals surface area contributed by atoms with Crippen LogP contribution in [0.4, 0.5) is 0 Å². The highest BCUT2D eigenvalue weighted by Gasteiger charge is 2.55. The van der Waals surface area contributed by atoms with Gasteiger partial charge in [-0.2, -0.15) is 0 Å². The van der Waals surface area contributed by atoms with Crippen molar-refractivity contribution in [2.75, 3.05) is 0 Å². The third-order valence-electron chi connectivity index (χ3n) is 6.43. The molecule has 0 aliphatic carbocycles. The van der Waals surface area contributed by atoms with Crippen molar-refractivity contribution >= 4 is 11.9 Å². The van der Waals surface area contributed by atoms with Gasteiger partial charge in [0, 0.05) is 12.0 Å². The molecule has 2 rings (SSSR count). The Hall–Kier alpha value is -1.92. The average molecular weight is 505 g/mol. The molecule has 1 aliphatic heterocycles. The molecule has 6 heteroatoms. The van der Waals surface area contributed by atoms with E-state index in [-0.39, 0.29) is 12.2 Å². The third kappa shape index (κ3) is 9.51. The molecule has 1 fully saturated rings. The minimum atomic E-state index is -1.20. The lowest BCUT2D eigenvalue weighted by Gasteiger charge is -2.29. The van der Waals surface area contributed by atoms with Gasteiger partial charge < -0.3 is 18.9 Å². The Morgan fingerprint density at radius 2 is 1.17 bits per heavy atom. The molecule has 204 valence electrons. The summed E-state index contributed by atoms with van der Waals surface area (Å²) < 4.78 is 23.5. The fraction of sp³-hybridized carbons (Fsp3) is 0.733. The lowest BCUT2D eigenvalue weighted by Crippen LogP contribution is -2.40. The van der Waals surface area contributed by atoms with Crippen LogP contribution in [0.15, 0.2) is 24.3 Å². The van der Waals surface area contributed by atoms with E-state index in [9.17, 15) is 9.59 Å². The normalized spacial score (nSPS) is 19.1. The van der Waals surface area contributed by atoms with Crippen molar-refractivity contribution in [1.82, 2.24) is 0 Å². The Morgan fingerprint density at radius 3 is 1.58 bits per heavy atom. The van der Waals surface area contributed by atoms with Gasteiger partial charge in [0.15, 0.2) is 18.0 Å². The van der Waals surface area contributed by atoms with Gasteiger partial charge in [0.25, 0.3) is 0 Å². The van der Waals surface area contributed by atoms with Crippen LogP contribution in [0.5, 0.6) is 0 Å². The van der Waals surface area contributed by atoms with E-state index in [2.05, 4.69) is 6.92 Å². The fourth-order valence-corrected chi connectivity index (χ4v) is 4.55. The topological polar surface area (TPSA) is 71.1 Å². The molecular formula is C30H48O6. The largest absolute Gasteiger partial charge is 0.461 e. The first-order chi connectivity index (χ1) is 17.2. The molecule has 0 aromatic heterocycles. The summed E-state index contributed by atoms with van der Waals surface area (Å²) in [6, 6.07) is 7.88. The van der Waals surface area contributed by atoms with E-state index in [4.69, 9.17) is 18.9 Å². The van der Waals surface area contributed by atoms with Crippen molar-refractivity contribution in [1.29, 1.82) is 0 Å². The SMILES string of the molecule is CCCCCCCCCCCCC1(c2ccc(C)cc2)O[C@@H](C(=O)OC(C)C)[C@H](C(=O)OC(C)C)O1. The van der Waals surface area contributed by atoms with Gasteiger partial charge in [0.2, 0.25) is 0 Å². The smallest absolute Gasteiger partial charge is 0.339 e. The molecule has 1 saturated heterocycles. The number of hydrogen-bond donors (Lipinski definition) is 0. The summed E-state index contributed by atoms with van der Waals surface area (Å²) in [5.74, 6) is -2.41. The summed E-state index contributed by atoms with van der Waals surface area (Å²) in [4.78, 5) is 25.9. The quantitative estimate of drug-likeness (QED) is 0.176. The number of carbonyl (C=O) groups is 2.